The molecule has 7 heteroatoms. The highest BCUT2D eigenvalue weighted by Crippen LogP contribution is 2.30. The molecule has 1 N–H and O–H groups in total. The van der Waals surface area contributed by atoms with Gasteiger partial charge < -0.3 is 10.1 Å². The molecule has 0 saturated carbocycles. The first-order valence-electron chi connectivity index (χ1n) is 5.98. The fraction of sp³-hybridized carbons (Fsp3) is 0.462. The number of nitro groups is 1. The number of methoxy groups -OCH3 is 1. The zero-order valence-electron chi connectivity index (χ0n) is 11.6. The van der Waals surface area contributed by atoms with E-state index < -0.39 is 10.8 Å². The summed E-state index contributed by atoms with van der Waals surface area (Å²) in [6.45, 7) is 4.18. The van der Waals surface area contributed by atoms with E-state index in [0.29, 0.717) is 12.4 Å². The zero-order valence-corrected chi connectivity index (χ0v) is 12.4. The van der Waals surface area contributed by atoms with Crippen LogP contribution < -0.4 is 10.1 Å². The molecule has 1 amide bonds. The molecule has 0 aromatic heterocycles. The molecule has 0 unspecified atom stereocenters. The maximum Gasteiger partial charge on any atom is 0.311 e. The Labute approximate surface area is 122 Å². The summed E-state index contributed by atoms with van der Waals surface area (Å²) in [6.07, 6.45) is 0. The predicted molar refractivity (Wildman–Crippen MR) is 76.5 cm³/mol. The van der Waals surface area contributed by atoms with Crippen LogP contribution in [0.1, 0.15) is 24.2 Å². The fourth-order valence-electron chi connectivity index (χ4n) is 1.52. The first-order valence-corrected chi connectivity index (χ1v) is 6.51. The topological polar surface area (TPSA) is 81.5 Å². The quantitative estimate of drug-likeness (QED) is 0.497. The van der Waals surface area contributed by atoms with Gasteiger partial charge >= 0.3 is 5.69 Å². The lowest BCUT2D eigenvalue weighted by atomic mass is 9.96. The highest BCUT2D eigenvalue weighted by Gasteiger charge is 2.24. The van der Waals surface area contributed by atoms with E-state index in [1.165, 1.54) is 25.3 Å². The first-order chi connectivity index (χ1) is 9.32. The number of para-hydroxylation sites is 1. The average Bonchev–Trinajstić information content (AvgIpc) is 2.43. The van der Waals surface area contributed by atoms with Crippen molar-refractivity contribution in [2.45, 2.75) is 13.8 Å². The highest BCUT2D eigenvalue weighted by atomic mass is 35.5. The van der Waals surface area contributed by atoms with Gasteiger partial charge in [0.25, 0.3) is 5.91 Å². The number of alkyl halides is 1. The summed E-state index contributed by atoms with van der Waals surface area (Å²) in [6, 6.07) is 4.22. The number of nitrogens with one attached hydrogen (secondary N) is 1. The number of nitrogens with zero attached hydrogens (tertiary/aromatic N) is 1. The summed E-state index contributed by atoms with van der Waals surface area (Å²) in [5.74, 6) is -0.0817. The Kier molecular flexibility index (Phi) is 5.33. The third-order valence-corrected chi connectivity index (χ3v) is 3.45. The Morgan fingerprint density at radius 3 is 2.65 bits per heavy atom. The van der Waals surface area contributed by atoms with Crippen molar-refractivity contribution in [1.29, 1.82) is 0 Å². The molecule has 0 fully saturated rings. The number of rotatable bonds is 6. The lowest BCUT2D eigenvalue weighted by Gasteiger charge is -2.21. The van der Waals surface area contributed by atoms with Crippen LogP contribution >= 0.6 is 11.6 Å². The van der Waals surface area contributed by atoms with E-state index >= 15 is 0 Å². The second kappa shape index (κ2) is 6.56. The second-order valence-corrected chi connectivity index (χ2v) is 5.36. The maximum atomic E-state index is 12.1. The molecule has 0 aliphatic rings. The Bertz CT molecular complexity index is 517. The minimum Gasteiger partial charge on any atom is -0.490 e. The summed E-state index contributed by atoms with van der Waals surface area (Å²) >= 11 is 5.78. The van der Waals surface area contributed by atoms with Gasteiger partial charge in [-0.2, -0.15) is 0 Å². The third kappa shape index (κ3) is 3.84. The largest absolute Gasteiger partial charge is 0.490 e. The summed E-state index contributed by atoms with van der Waals surface area (Å²) in [5.41, 5.74) is -0.366. The summed E-state index contributed by atoms with van der Waals surface area (Å²) < 4.78 is 4.99. The van der Waals surface area contributed by atoms with Crippen molar-refractivity contribution in [2.24, 2.45) is 5.41 Å². The van der Waals surface area contributed by atoms with Crippen molar-refractivity contribution in [3.63, 3.8) is 0 Å². The lowest BCUT2D eigenvalue weighted by molar-refractivity contribution is -0.385. The van der Waals surface area contributed by atoms with Gasteiger partial charge in [-0.25, -0.2) is 0 Å². The average molecular weight is 301 g/mol. The van der Waals surface area contributed by atoms with Gasteiger partial charge in [-0.1, -0.05) is 19.9 Å². The van der Waals surface area contributed by atoms with Crippen molar-refractivity contribution >= 4 is 23.2 Å². The molecule has 6 nitrogen and oxygen atoms in total. The predicted octanol–water partition coefficient (Wildman–Crippen LogP) is 2.60. The van der Waals surface area contributed by atoms with Crippen LogP contribution in [-0.2, 0) is 0 Å². The van der Waals surface area contributed by atoms with Gasteiger partial charge in [0, 0.05) is 18.5 Å². The minimum absolute atomic E-state index is 0.0429. The monoisotopic (exact) mass is 300 g/mol. The summed E-state index contributed by atoms with van der Waals surface area (Å²) in [7, 11) is 1.29. The fourth-order valence-corrected chi connectivity index (χ4v) is 1.62. The molecule has 0 atom stereocenters. The SMILES string of the molecule is COc1c(C(=O)NCC(C)(C)CCl)cccc1[N+](=O)[O-]. The smallest absolute Gasteiger partial charge is 0.311 e. The first kappa shape index (κ1) is 16.2. The van der Waals surface area contributed by atoms with Crippen molar-refractivity contribution in [3.8, 4) is 5.75 Å². The molecule has 0 heterocycles. The molecule has 1 aromatic rings. The number of carbonyl (C=O) groups excluding carboxylic acids is 1. The van der Waals surface area contributed by atoms with Crippen LogP contribution in [0.25, 0.3) is 0 Å². The Hall–Kier alpha value is -1.82. The standard InChI is InChI=1S/C13H17ClN2O4/c1-13(2,7-14)8-15-12(17)9-5-4-6-10(16(18)19)11(9)20-3/h4-6H,7-8H2,1-3H3,(H,15,17). The number of benzene rings is 1. The molecule has 1 rings (SSSR count). The third-order valence-electron chi connectivity index (χ3n) is 2.73. The van der Waals surface area contributed by atoms with Crippen molar-refractivity contribution in [2.75, 3.05) is 19.5 Å². The number of hydrogen-bond acceptors (Lipinski definition) is 4. The number of halogens is 1. The molecule has 0 bridgehead atoms. The molecule has 110 valence electrons. The van der Waals surface area contributed by atoms with Gasteiger partial charge in [0.2, 0.25) is 5.75 Å². The van der Waals surface area contributed by atoms with Gasteiger partial charge in [0.05, 0.1) is 17.6 Å². The zero-order chi connectivity index (χ0) is 15.3. The van der Waals surface area contributed by atoms with Crippen molar-refractivity contribution in [3.05, 3.63) is 33.9 Å². The van der Waals surface area contributed by atoms with E-state index in [-0.39, 0.29) is 22.4 Å². The van der Waals surface area contributed by atoms with E-state index in [9.17, 15) is 14.9 Å². The van der Waals surface area contributed by atoms with E-state index in [2.05, 4.69) is 5.32 Å². The number of nitro benzene ring substituents is 1. The van der Waals surface area contributed by atoms with Gasteiger partial charge in [0.1, 0.15) is 0 Å². The molecule has 0 radical (unpaired) electrons. The van der Waals surface area contributed by atoms with Gasteiger partial charge in [-0.3, -0.25) is 14.9 Å². The Morgan fingerprint density at radius 2 is 2.15 bits per heavy atom. The lowest BCUT2D eigenvalue weighted by Crippen LogP contribution is -2.35. The normalized spacial score (nSPS) is 11.0. The van der Waals surface area contributed by atoms with Crippen LogP contribution in [0.15, 0.2) is 18.2 Å². The van der Waals surface area contributed by atoms with Gasteiger partial charge in [-0.15, -0.1) is 11.6 Å². The summed E-state index contributed by atoms with van der Waals surface area (Å²) in [4.78, 5) is 22.4. The van der Waals surface area contributed by atoms with E-state index in [4.69, 9.17) is 16.3 Å². The van der Waals surface area contributed by atoms with Crippen LogP contribution in [0.3, 0.4) is 0 Å². The van der Waals surface area contributed by atoms with Crippen LogP contribution in [-0.4, -0.2) is 30.4 Å². The molecule has 0 aliphatic carbocycles. The second-order valence-electron chi connectivity index (χ2n) is 5.10. The number of amides is 1. The number of carbonyl (C=O) groups is 1. The van der Waals surface area contributed by atoms with Crippen molar-refractivity contribution < 1.29 is 14.5 Å². The molecule has 0 saturated heterocycles. The van der Waals surface area contributed by atoms with Gasteiger partial charge in [0.15, 0.2) is 0 Å². The Balaban J connectivity index is 2.99. The number of ether oxygens (including phenoxy) is 1. The maximum absolute atomic E-state index is 12.1. The van der Waals surface area contributed by atoms with E-state index in [1.807, 2.05) is 13.8 Å². The van der Waals surface area contributed by atoms with Crippen LogP contribution in [0.4, 0.5) is 5.69 Å². The molecular formula is C13H17ClN2O4. The van der Waals surface area contributed by atoms with Crippen LogP contribution in [0.5, 0.6) is 5.75 Å². The molecule has 0 spiro atoms. The molecule has 0 aliphatic heterocycles. The Morgan fingerprint density at radius 1 is 1.50 bits per heavy atom. The molecule has 20 heavy (non-hydrogen) atoms. The van der Waals surface area contributed by atoms with Crippen LogP contribution in [0.2, 0.25) is 0 Å². The number of hydrogen-bond donors (Lipinski definition) is 1. The summed E-state index contributed by atoms with van der Waals surface area (Å²) in [5, 5.41) is 13.6. The highest BCUT2D eigenvalue weighted by molar-refractivity contribution is 6.18. The van der Waals surface area contributed by atoms with Crippen molar-refractivity contribution in [1.82, 2.24) is 5.32 Å². The van der Waals surface area contributed by atoms with Crippen LogP contribution in [0, 0.1) is 15.5 Å². The molecular weight excluding hydrogens is 284 g/mol. The molecule has 1 aromatic carbocycles. The van der Waals surface area contributed by atoms with E-state index in [1.54, 1.807) is 0 Å². The van der Waals surface area contributed by atoms with Gasteiger partial charge in [-0.05, 0) is 11.5 Å². The van der Waals surface area contributed by atoms with E-state index in [0.717, 1.165) is 0 Å². The minimum atomic E-state index is -0.585.